The molecule has 0 radical (unpaired) electrons. The summed E-state index contributed by atoms with van der Waals surface area (Å²) in [5.74, 6) is 4.74. The van der Waals surface area contributed by atoms with Crippen LogP contribution in [0.5, 0.6) is 0 Å². The van der Waals surface area contributed by atoms with E-state index in [1.165, 1.54) is 69.8 Å². The Labute approximate surface area is 192 Å². The molecule has 5 aliphatic rings. The third-order valence-electron chi connectivity index (χ3n) is 12.8. The SMILES string of the molecule is C=C(CCC(C)C)C(C)C1CCC2(C)C3CCC4C(C)C(=O)CCC45CC35CCC12C. The second kappa shape index (κ2) is 6.96. The highest BCUT2D eigenvalue weighted by Gasteiger charge is 2.81. The molecule has 0 aromatic heterocycles. The van der Waals surface area contributed by atoms with E-state index in [0.29, 0.717) is 45.2 Å². The van der Waals surface area contributed by atoms with Crippen LogP contribution in [0.2, 0.25) is 0 Å². The zero-order chi connectivity index (χ0) is 22.4. The molecule has 31 heavy (non-hydrogen) atoms. The Hall–Kier alpha value is -0.590. The van der Waals surface area contributed by atoms with Crippen LogP contribution in [0.1, 0.15) is 112 Å². The first-order chi connectivity index (χ1) is 14.5. The summed E-state index contributed by atoms with van der Waals surface area (Å²) in [7, 11) is 0. The highest BCUT2D eigenvalue weighted by atomic mass is 16.1. The molecule has 9 atom stereocenters. The van der Waals surface area contributed by atoms with Crippen molar-refractivity contribution in [2.24, 2.45) is 57.2 Å². The van der Waals surface area contributed by atoms with E-state index in [-0.39, 0.29) is 0 Å². The van der Waals surface area contributed by atoms with Crippen LogP contribution in [0, 0.1) is 57.2 Å². The van der Waals surface area contributed by atoms with Gasteiger partial charge in [0.15, 0.2) is 0 Å². The van der Waals surface area contributed by atoms with Gasteiger partial charge in [-0.25, -0.2) is 0 Å². The predicted octanol–water partition coefficient (Wildman–Crippen LogP) is 8.23. The zero-order valence-electron chi connectivity index (χ0n) is 21.4. The van der Waals surface area contributed by atoms with Crippen LogP contribution in [-0.4, -0.2) is 5.78 Å². The molecule has 0 aliphatic heterocycles. The molecule has 5 aliphatic carbocycles. The molecule has 0 saturated heterocycles. The fourth-order valence-corrected chi connectivity index (χ4v) is 10.7. The molecular formula is C30H48O. The summed E-state index contributed by atoms with van der Waals surface area (Å²) in [6, 6.07) is 0. The number of hydrogen-bond acceptors (Lipinski definition) is 1. The van der Waals surface area contributed by atoms with Crippen LogP contribution in [0.25, 0.3) is 0 Å². The number of Topliss-reactive ketones (excluding diaryl/α,β-unsaturated/α-hetero) is 1. The van der Waals surface area contributed by atoms with Gasteiger partial charge in [0.05, 0.1) is 0 Å². The average molecular weight is 425 g/mol. The summed E-state index contributed by atoms with van der Waals surface area (Å²) < 4.78 is 0. The highest BCUT2D eigenvalue weighted by Crippen LogP contribution is 2.88. The van der Waals surface area contributed by atoms with Crippen molar-refractivity contribution >= 4 is 5.78 Å². The standard InChI is InChI=1S/C30H48O/c1-19(2)8-9-20(3)21(4)23-12-14-28(7)26-11-10-24-22(5)25(31)13-15-29(24)18-30(26,29)17-16-27(23,28)6/h19,21-24,26H,3,8-18H2,1-2,4-7H3. The van der Waals surface area contributed by atoms with Crippen LogP contribution < -0.4 is 0 Å². The molecule has 5 saturated carbocycles. The summed E-state index contributed by atoms with van der Waals surface area (Å²) in [4.78, 5) is 12.5. The summed E-state index contributed by atoms with van der Waals surface area (Å²) in [6.07, 6.45) is 14.5. The average Bonchev–Trinajstić information content (AvgIpc) is 3.31. The van der Waals surface area contributed by atoms with Gasteiger partial charge < -0.3 is 0 Å². The van der Waals surface area contributed by atoms with E-state index >= 15 is 0 Å². The van der Waals surface area contributed by atoms with Gasteiger partial charge in [0.2, 0.25) is 0 Å². The van der Waals surface area contributed by atoms with Gasteiger partial charge in [0.25, 0.3) is 0 Å². The van der Waals surface area contributed by atoms with Crippen molar-refractivity contribution in [3.05, 3.63) is 12.2 Å². The first kappa shape index (κ1) is 22.2. The van der Waals surface area contributed by atoms with Crippen molar-refractivity contribution in [2.75, 3.05) is 0 Å². The lowest BCUT2D eigenvalue weighted by atomic mass is 9.43. The summed E-state index contributed by atoms with van der Waals surface area (Å²) in [5, 5.41) is 0. The normalized spacial score (nSPS) is 51.5. The van der Waals surface area contributed by atoms with E-state index in [9.17, 15) is 4.79 Å². The number of hydrogen-bond donors (Lipinski definition) is 0. The van der Waals surface area contributed by atoms with Gasteiger partial charge in [-0.3, -0.25) is 4.79 Å². The Kier molecular flexibility index (Phi) is 4.99. The van der Waals surface area contributed by atoms with Crippen molar-refractivity contribution in [2.45, 2.75) is 112 Å². The Bertz CT molecular complexity index is 779. The zero-order valence-corrected chi connectivity index (χ0v) is 21.4. The maximum atomic E-state index is 12.5. The van der Waals surface area contributed by atoms with Crippen LogP contribution in [0.4, 0.5) is 0 Å². The van der Waals surface area contributed by atoms with Crippen LogP contribution in [0.15, 0.2) is 12.2 Å². The molecule has 5 rings (SSSR count). The van der Waals surface area contributed by atoms with Crippen LogP contribution >= 0.6 is 0 Å². The van der Waals surface area contributed by atoms with Crippen LogP contribution in [0.3, 0.4) is 0 Å². The summed E-state index contributed by atoms with van der Waals surface area (Å²) in [5.41, 5.74) is 3.61. The third kappa shape index (κ3) is 2.70. The van der Waals surface area contributed by atoms with E-state index in [1.807, 2.05) is 0 Å². The predicted molar refractivity (Wildman–Crippen MR) is 130 cm³/mol. The van der Waals surface area contributed by atoms with Gasteiger partial charge >= 0.3 is 0 Å². The van der Waals surface area contributed by atoms with E-state index in [0.717, 1.165) is 24.2 Å². The van der Waals surface area contributed by atoms with Gasteiger partial charge in [0.1, 0.15) is 5.78 Å². The second-order valence-electron chi connectivity index (χ2n) is 13.8. The lowest BCUT2D eigenvalue weighted by Gasteiger charge is -2.62. The molecule has 0 heterocycles. The van der Waals surface area contributed by atoms with Gasteiger partial charge in [0, 0.05) is 12.3 Å². The number of allylic oxidation sites excluding steroid dienone is 1. The number of rotatable bonds is 5. The number of ketones is 1. The van der Waals surface area contributed by atoms with E-state index in [2.05, 4.69) is 48.1 Å². The van der Waals surface area contributed by atoms with E-state index in [4.69, 9.17) is 0 Å². The first-order valence-electron chi connectivity index (χ1n) is 13.7. The molecule has 0 N–H and O–H groups in total. The largest absolute Gasteiger partial charge is 0.299 e. The molecule has 5 fully saturated rings. The quantitative estimate of drug-likeness (QED) is 0.406. The van der Waals surface area contributed by atoms with Crippen molar-refractivity contribution in [1.29, 1.82) is 0 Å². The smallest absolute Gasteiger partial charge is 0.136 e. The Morgan fingerprint density at radius 2 is 1.74 bits per heavy atom. The molecular weight excluding hydrogens is 376 g/mol. The molecule has 0 amide bonds. The first-order valence-corrected chi connectivity index (χ1v) is 13.7. The minimum atomic E-state index is 0.329. The number of carbonyl (C=O) groups excluding carboxylic acids is 1. The van der Waals surface area contributed by atoms with E-state index < -0.39 is 0 Å². The maximum Gasteiger partial charge on any atom is 0.136 e. The molecule has 0 aromatic carbocycles. The van der Waals surface area contributed by atoms with Gasteiger partial charge in [-0.15, -0.1) is 0 Å². The second-order valence-corrected chi connectivity index (χ2v) is 13.8. The molecule has 1 heteroatoms. The fraction of sp³-hybridized carbons (Fsp3) is 0.900. The molecule has 174 valence electrons. The molecule has 2 spiro atoms. The van der Waals surface area contributed by atoms with Gasteiger partial charge in [-0.05, 0) is 115 Å². The maximum absolute atomic E-state index is 12.5. The topological polar surface area (TPSA) is 17.1 Å². The summed E-state index contributed by atoms with van der Waals surface area (Å²) >= 11 is 0. The van der Waals surface area contributed by atoms with E-state index in [1.54, 1.807) is 0 Å². The molecule has 9 unspecified atom stereocenters. The lowest BCUT2D eigenvalue weighted by molar-refractivity contribution is -0.145. The van der Waals surface area contributed by atoms with Crippen LogP contribution in [-0.2, 0) is 4.79 Å². The Morgan fingerprint density at radius 1 is 1.00 bits per heavy atom. The van der Waals surface area contributed by atoms with Gasteiger partial charge in [-0.2, -0.15) is 0 Å². The fourth-order valence-electron chi connectivity index (χ4n) is 10.7. The van der Waals surface area contributed by atoms with Gasteiger partial charge in [-0.1, -0.05) is 53.7 Å². The molecule has 1 nitrogen and oxygen atoms in total. The molecule has 0 aromatic rings. The highest BCUT2D eigenvalue weighted by molar-refractivity contribution is 5.82. The minimum absolute atomic E-state index is 0.329. The van der Waals surface area contributed by atoms with Crippen molar-refractivity contribution < 1.29 is 4.79 Å². The third-order valence-corrected chi connectivity index (χ3v) is 12.8. The summed E-state index contributed by atoms with van der Waals surface area (Å²) in [6.45, 7) is 19.5. The Balaban J connectivity index is 1.40. The number of fused-ring (bicyclic) bond motifs is 2. The Morgan fingerprint density at radius 3 is 2.45 bits per heavy atom. The monoisotopic (exact) mass is 424 g/mol. The molecule has 0 bridgehead atoms. The van der Waals surface area contributed by atoms with Crippen molar-refractivity contribution in [3.8, 4) is 0 Å². The minimum Gasteiger partial charge on any atom is -0.299 e. The van der Waals surface area contributed by atoms with Crippen molar-refractivity contribution in [3.63, 3.8) is 0 Å². The number of carbonyl (C=O) groups is 1. The van der Waals surface area contributed by atoms with Crippen molar-refractivity contribution in [1.82, 2.24) is 0 Å². The lowest BCUT2D eigenvalue weighted by Crippen LogP contribution is -2.55.